The van der Waals surface area contributed by atoms with Crippen LogP contribution in [0.2, 0.25) is 0 Å². The number of unbranched alkanes of at least 4 members (excludes halogenated alkanes) is 1. The second-order valence-electron chi connectivity index (χ2n) is 7.98. The molecule has 4 amide bonds. The summed E-state index contributed by atoms with van der Waals surface area (Å²) in [5.74, 6) is -1.06. The molecule has 0 aromatic heterocycles. The second-order valence-corrected chi connectivity index (χ2v) is 7.98. The third-order valence-electron chi connectivity index (χ3n) is 5.95. The highest BCUT2D eigenvalue weighted by atomic mass is 16.2. The molecule has 3 heterocycles. The van der Waals surface area contributed by atoms with Crippen LogP contribution in [0, 0.1) is 5.92 Å². The van der Waals surface area contributed by atoms with Gasteiger partial charge >= 0.3 is 0 Å². The van der Waals surface area contributed by atoms with Gasteiger partial charge in [0.1, 0.15) is 6.04 Å². The third kappa shape index (κ3) is 3.95. The molecule has 3 aliphatic rings. The number of carbonyl (C=O) groups is 4. The van der Waals surface area contributed by atoms with Crippen molar-refractivity contribution in [3.63, 3.8) is 0 Å². The van der Waals surface area contributed by atoms with Gasteiger partial charge in [-0.25, -0.2) is 0 Å². The van der Waals surface area contributed by atoms with Crippen molar-refractivity contribution < 1.29 is 19.2 Å². The number of benzene rings is 1. The molecule has 154 valence electrons. The first-order chi connectivity index (χ1) is 14.1. The highest BCUT2D eigenvalue weighted by Crippen LogP contribution is 2.29. The van der Waals surface area contributed by atoms with Gasteiger partial charge in [0.05, 0.1) is 11.1 Å². The Balaban J connectivity index is 1.38. The molecule has 1 aromatic rings. The highest BCUT2D eigenvalue weighted by Gasteiger charge is 2.45. The van der Waals surface area contributed by atoms with Crippen LogP contribution in [0.1, 0.15) is 58.4 Å². The average molecular weight is 398 g/mol. The van der Waals surface area contributed by atoms with Gasteiger partial charge in [-0.3, -0.25) is 29.4 Å². The summed E-state index contributed by atoms with van der Waals surface area (Å²) in [6, 6.07) is 4.29. The van der Waals surface area contributed by atoms with E-state index in [1.807, 2.05) is 6.07 Å². The van der Waals surface area contributed by atoms with E-state index in [1.165, 1.54) is 12.8 Å². The Hall–Kier alpha value is -2.58. The highest BCUT2D eigenvalue weighted by molar-refractivity contribution is 6.24. The fourth-order valence-electron chi connectivity index (χ4n) is 4.19. The Labute approximate surface area is 169 Å². The molecule has 2 saturated heterocycles. The smallest absolute Gasteiger partial charge is 0.262 e. The van der Waals surface area contributed by atoms with Gasteiger partial charge in [-0.2, -0.15) is 0 Å². The lowest BCUT2D eigenvalue weighted by molar-refractivity contribution is -0.136. The van der Waals surface area contributed by atoms with E-state index < -0.39 is 23.8 Å². The summed E-state index contributed by atoms with van der Waals surface area (Å²) in [5.41, 5.74) is 1.46. The van der Waals surface area contributed by atoms with E-state index in [1.54, 1.807) is 12.1 Å². The fraction of sp³-hybridized carbons (Fsp3) is 0.524. The molecule has 0 saturated carbocycles. The summed E-state index contributed by atoms with van der Waals surface area (Å²) in [4.78, 5) is 50.4. The number of imide groups is 2. The van der Waals surface area contributed by atoms with Crippen molar-refractivity contribution >= 4 is 23.6 Å². The summed E-state index contributed by atoms with van der Waals surface area (Å²) < 4.78 is 0. The standard InChI is InChI=1S/C21H26N4O4/c26-17-8-7-16(19(27)24-17)25-20(28)15-6-3-5-14(18(15)21(25)29)12-22-9-2-1-4-13-10-23-11-13/h3,5-6,13,16,22-23H,1-2,4,7-12H2,(H,24,26,27). The lowest BCUT2D eigenvalue weighted by Crippen LogP contribution is -2.54. The fourth-order valence-corrected chi connectivity index (χ4v) is 4.19. The molecule has 0 bridgehead atoms. The van der Waals surface area contributed by atoms with Crippen molar-refractivity contribution in [3.05, 3.63) is 34.9 Å². The second kappa shape index (κ2) is 8.42. The first kappa shape index (κ1) is 19.7. The first-order valence-electron chi connectivity index (χ1n) is 10.3. The van der Waals surface area contributed by atoms with E-state index in [4.69, 9.17) is 0 Å². The van der Waals surface area contributed by atoms with Gasteiger partial charge in [0.15, 0.2) is 0 Å². The number of nitrogens with zero attached hydrogens (tertiary/aromatic N) is 1. The summed E-state index contributed by atoms with van der Waals surface area (Å²) in [6.07, 6.45) is 3.77. The van der Waals surface area contributed by atoms with Crippen molar-refractivity contribution in [2.45, 2.75) is 44.7 Å². The minimum atomic E-state index is -0.929. The maximum absolute atomic E-state index is 13.0. The van der Waals surface area contributed by atoms with Crippen LogP contribution in [-0.4, -0.2) is 54.2 Å². The lowest BCUT2D eigenvalue weighted by Gasteiger charge is -2.27. The molecule has 8 nitrogen and oxygen atoms in total. The van der Waals surface area contributed by atoms with Crippen LogP contribution < -0.4 is 16.0 Å². The number of hydrogen-bond donors (Lipinski definition) is 3. The van der Waals surface area contributed by atoms with Gasteiger partial charge in [0, 0.05) is 13.0 Å². The number of hydrogen-bond acceptors (Lipinski definition) is 6. The van der Waals surface area contributed by atoms with E-state index in [-0.39, 0.29) is 18.7 Å². The molecular weight excluding hydrogens is 372 g/mol. The van der Waals surface area contributed by atoms with Crippen LogP contribution in [0.25, 0.3) is 0 Å². The number of amides is 4. The SMILES string of the molecule is O=C1CCC(N2C(=O)c3cccc(CNCCCCC4CNC4)c3C2=O)C(=O)N1. The van der Waals surface area contributed by atoms with E-state index >= 15 is 0 Å². The predicted molar refractivity (Wildman–Crippen MR) is 105 cm³/mol. The molecule has 3 aliphatic heterocycles. The molecular formula is C21H26N4O4. The first-order valence-corrected chi connectivity index (χ1v) is 10.3. The van der Waals surface area contributed by atoms with Gasteiger partial charge in [-0.05, 0) is 56.4 Å². The predicted octanol–water partition coefficient (Wildman–Crippen LogP) is 0.567. The van der Waals surface area contributed by atoms with Crippen LogP contribution in [0.3, 0.4) is 0 Å². The minimum absolute atomic E-state index is 0.120. The Morgan fingerprint density at radius 1 is 1.07 bits per heavy atom. The van der Waals surface area contributed by atoms with Crippen LogP contribution in [0.5, 0.6) is 0 Å². The topological polar surface area (TPSA) is 108 Å². The van der Waals surface area contributed by atoms with Gasteiger partial charge in [-0.15, -0.1) is 0 Å². The molecule has 8 heteroatoms. The van der Waals surface area contributed by atoms with Crippen LogP contribution in [0.15, 0.2) is 18.2 Å². The van der Waals surface area contributed by atoms with Gasteiger partial charge in [0.25, 0.3) is 11.8 Å². The Kier molecular flexibility index (Phi) is 5.73. The summed E-state index contributed by atoms with van der Waals surface area (Å²) in [5, 5.41) is 8.86. The number of fused-ring (bicyclic) bond motifs is 1. The van der Waals surface area contributed by atoms with Crippen molar-refractivity contribution in [1.82, 2.24) is 20.9 Å². The van der Waals surface area contributed by atoms with Gasteiger partial charge in [0.2, 0.25) is 11.8 Å². The zero-order valence-corrected chi connectivity index (χ0v) is 16.3. The maximum atomic E-state index is 13.0. The number of rotatable bonds is 8. The van der Waals surface area contributed by atoms with E-state index in [0.29, 0.717) is 17.7 Å². The molecule has 1 unspecified atom stereocenters. The summed E-state index contributed by atoms with van der Waals surface area (Å²) in [7, 11) is 0. The zero-order valence-electron chi connectivity index (χ0n) is 16.3. The molecule has 1 aromatic carbocycles. The molecule has 0 aliphatic carbocycles. The quantitative estimate of drug-likeness (QED) is 0.436. The van der Waals surface area contributed by atoms with Crippen LogP contribution >= 0.6 is 0 Å². The molecule has 2 fully saturated rings. The average Bonchev–Trinajstić information content (AvgIpc) is 2.91. The van der Waals surface area contributed by atoms with Crippen molar-refractivity contribution in [1.29, 1.82) is 0 Å². The van der Waals surface area contributed by atoms with Crippen molar-refractivity contribution in [2.75, 3.05) is 19.6 Å². The molecule has 4 rings (SSSR count). The molecule has 0 radical (unpaired) electrons. The molecule has 3 N–H and O–H groups in total. The van der Waals surface area contributed by atoms with E-state index in [0.717, 1.165) is 42.4 Å². The van der Waals surface area contributed by atoms with Crippen LogP contribution in [0.4, 0.5) is 0 Å². The number of carbonyl (C=O) groups excluding carboxylic acids is 4. The summed E-state index contributed by atoms with van der Waals surface area (Å²) in [6.45, 7) is 3.60. The molecule has 1 atom stereocenters. The molecule has 29 heavy (non-hydrogen) atoms. The normalized spacial score (nSPS) is 21.9. The number of piperidine rings is 1. The summed E-state index contributed by atoms with van der Waals surface area (Å²) >= 11 is 0. The largest absolute Gasteiger partial charge is 0.316 e. The molecule has 0 spiro atoms. The van der Waals surface area contributed by atoms with Crippen molar-refractivity contribution in [2.24, 2.45) is 5.92 Å². The Morgan fingerprint density at radius 3 is 2.62 bits per heavy atom. The monoisotopic (exact) mass is 398 g/mol. The van der Waals surface area contributed by atoms with E-state index in [9.17, 15) is 19.2 Å². The zero-order chi connectivity index (χ0) is 20.4. The van der Waals surface area contributed by atoms with E-state index in [2.05, 4.69) is 16.0 Å². The third-order valence-corrected chi connectivity index (χ3v) is 5.95. The lowest BCUT2D eigenvalue weighted by atomic mass is 9.96. The number of nitrogens with one attached hydrogen (secondary N) is 3. The van der Waals surface area contributed by atoms with Gasteiger partial charge in [-0.1, -0.05) is 18.6 Å². The van der Waals surface area contributed by atoms with Crippen LogP contribution in [-0.2, 0) is 16.1 Å². The maximum Gasteiger partial charge on any atom is 0.262 e. The Bertz CT molecular complexity index is 849. The van der Waals surface area contributed by atoms with Gasteiger partial charge < -0.3 is 10.6 Å². The minimum Gasteiger partial charge on any atom is -0.316 e. The Morgan fingerprint density at radius 2 is 1.90 bits per heavy atom. The van der Waals surface area contributed by atoms with Crippen molar-refractivity contribution in [3.8, 4) is 0 Å².